The smallest absolute Gasteiger partial charge is 0.306 e. The van der Waals surface area contributed by atoms with Crippen LogP contribution in [0.1, 0.15) is 64.7 Å². The van der Waals surface area contributed by atoms with Gasteiger partial charge in [0.2, 0.25) is 0 Å². The summed E-state index contributed by atoms with van der Waals surface area (Å²) in [5.74, 6) is 1.09. The third kappa shape index (κ3) is 7.78. The molecule has 2 atom stereocenters. The van der Waals surface area contributed by atoms with Crippen LogP contribution in [0.15, 0.2) is 12.1 Å². The first-order valence-electron chi connectivity index (χ1n) is 9.61. The number of aryl methyl sites for hydroxylation is 1. The molecule has 1 aromatic carbocycles. The summed E-state index contributed by atoms with van der Waals surface area (Å²) in [6.07, 6.45) is 4.06. The SMILES string of the molecule is CSCC(CS(C)=O)OC(=O)CCc1cc(C(C)(C)C)c(O)c(C(C)(C)C)c1. The van der Waals surface area contributed by atoms with Crippen LogP contribution in [0.25, 0.3) is 0 Å². The first kappa shape index (κ1) is 25.0. The van der Waals surface area contributed by atoms with Gasteiger partial charge >= 0.3 is 5.97 Å². The van der Waals surface area contributed by atoms with Crippen molar-refractivity contribution in [1.82, 2.24) is 0 Å². The Morgan fingerprint density at radius 2 is 1.64 bits per heavy atom. The van der Waals surface area contributed by atoms with E-state index in [1.807, 2.05) is 18.4 Å². The molecule has 0 fully saturated rings. The molecular weight excluding hydrogens is 392 g/mol. The van der Waals surface area contributed by atoms with Crippen molar-refractivity contribution in [3.63, 3.8) is 0 Å². The van der Waals surface area contributed by atoms with Gasteiger partial charge in [-0.2, -0.15) is 11.8 Å². The van der Waals surface area contributed by atoms with Crippen LogP contribution >= 0.6 is 11.8 Å². The summed E-state index contributed by atoms with van der Waals surface area (Å²) >= 11 is 1.58. The number of hydrogen-bond donors (Lipinski definition) is 1. The van der Waals surface area contributed by atoms with Crippen LogP contribution in [-0.4, -0.2) is 45.4 Å². The lowest BCUT2D eigenvalue weighted by Crippen LogP contribution is -2.26. The number of carbonyl (C=O) groups is 1. The molecule has 0 aliphatic rings. The summed E-state index contributed by atoms with van der Waals surface area (Å²) < 4.78 is 17.0. The maximum atomic E-state index is 12.3. The van der Waals surface area contributed by atoms with Crippen molar-refractivity contribution < 1.29 is 18.8 Å². The standard InChI is InChI=1S/C22H36O4S2/c1-21(2,3)17-11-15(12-18(20(17)24)22(4,5)6)9-10-19(23)26-16(13-27-7)14-28(8)25/h11-12,16,24H,9-10,13-14H2,1-8H3. The minimum absolute atomic E-state index is 0.199. The van der Waals surface area contributed by atoms with Gasteiger partial charge in [-0.3, -0.25) is 9.00 Å². The molecule has 1 rings (SSSR count). The van der Waals surface area contributed by atoms with Gasteiger partial charge in [0.05, 0.1) is 5.75 Å². The number of rotatable bonds is 8. The molecule has 0 aromatic heterocycles. The molecule has 0 amide bonds. The number of carbonyl (C=O) groups excluding carboxylic acids is 1. The monoisotopic (exact) mass is 428 g/mol. The van der Waals surface area contributed by atoms with Crippen molar-refractivity contribution in [3.8, 4) is 5.75 Å². The molecule has 2 unspecified atom stereocenters. The van der Waals surface area contributed by atoms with Crippen LogP contribution in [0.4, 0.5) is 0 Å². The third-order valence-electron chi connectivity index (χ3n) is 4.47. The fourth-order valence-corrected chi connectivity index (χ4v) is 4.45. The van der Waals surface area contributed by atoms with Crippen molar-refractivity contribution in [3.05, 3.63) is 28.8 Å². The Labute approximate surface area is 177 Å². The molecule has 0 radical (unpaired) electrons. The van der Waals surface area contributed by atoms with Gasteiger partial charge < -0.3 is 9.84 Å². The van der Waals surface area contributed by atoms with Crippen LogP contribution in [-0.2, 0) is 37.6 Å². The van der Waals surface area contributed by atoms with E-state index in [2.05, 4.69) is 41.5 Å². The molecule has 4 nitrogen and oxygen atoms in total. The van der Waals surface area contributed by atoms with Crippen LogP contribution in [0, 0.1) is 0 Å². The second-order valence-corrected chi connectivity index (χ2v) is 11.7. The Kier molecular flexibility index (Phi) is 9.07. The lowest BCUT2D eigenvalue weighted by atomic mass is 9.78. The topological polar surface area (TPSA) is 63.6 Å². The molecule has 0 aliphatic heterocycles. The molecule has 0 aliphatic carbocycles. The number of ether oxygens (including phenoxy) is 1. The molecule has 1 aromatic rings. The largest absolute Gasteiger partial charge is 0.507 e. The van der Waals surface area contributed by atoms with Crippen LogP contribution in [0.2, 0.25) is 0 Å². The number of aromatic hydroxyl groups is 1. The third-order valence-corrected chi connectivity index (χ3v) is 6.02. The Hall–Kier alpha value is -1.01. The van der Waals surface area contributed by atoms with Crippen molar-refractivity contribution in [2.45, 2.75) is 71.3 Å². The van der Waals surface area contributed by atoms with Crippen molar-refractivity contribution in [1.29, 1.82) is 0 Å². The van der Waals surface area contributed by atoms with E-state index in [0.29, 0.717) is 23.7 Å². The molecule has 160 valence electrons. The van der Waals surface area contributed by atoms with Crippen LogP contribution in [0.5, 0.6) is 5.75 Å². The highest BCUT2D eigenvalue weighted by molar-refractivity contribution is 7.98. The van der Waals surface area contributed by atoms with Gasteiger partial charge in [0, 0.05) is 29.2 Å². The van der Waals surface area contributed by atoms with Gasteiger partial charge in [0.25, 0.3) is 0 Å². The van der Waals surface area contributed by atoms with E-state index in [1.54, 1.807) is 18.0 Å². The number of hydrogen-bond acceptors (Lipinski definition) is 5. The van der Waals surface area contributed by atoms with E-state index in [-0.39, 0.29) is 29.3 Å². The molecule has 0 saturated heterocycles. The lowest BCUT2D eigenvalue weighted by molar-refractivity contribution is -0.146. The van der Waals surface area contributed by atoms with Crippen LogP contribution in [0.3, 0.4) is 0 Å². The molecule has 6 heteroatoms. The average molecular weight is 429 g/mol. The average Bonchev–Trinajstić information content (AvgIpc) is 2.51. The maximum absolute atomic E-state index is 12.3. The van der Waals surface area contributed by atoms with Gasteiger partial charge in [0.1, 0.15) is 11.9 Å². The Bertz CT molecular complexity index is 664. The van der Waals surface area contributed by atoms with E-state index in [4.69, 9.17) is 4.74 Å². The minimum Gasteiger partial charge on any atom is -0.507 e. The predicted octanol–water partition coefficient (Wildman–Crippen LogP) is 4.57. The van der Waals surface area contributed by atoms with Crippen LogP contribution < -0.4 is 0 Å². The van der Waals surface area contributed by atoms with E-state index in [1.165, 1.54) is 0 Å². The zero-order valence-electron chi connectivity index (χ0n) is 18.5. The second kappa shape index (κ2) is 10.1. The lowest BCUT2D eigenvalue weighted by Gasteiger charge is -2.28. The predicted molar refractivity (Wildman–Crippen MR) is 121 cm³/mol. The molecular formula is C22H36O4S2. The molecule has 0 heterocycles. The number of thioether (sulfide) groups is 1. The number of esters is 1. The minimum atomic E-state index is -1.00. The Morgan fingerprint density at radius 1 is 1.14 bits per heavy atom. The number of phenols is 1. The fourth-order valence-electron chi connectivity index (χ4n) is 3.04. The van der Waals surface area contributed by atoms with Crippen molar-refractivity contribution >= 4 is 28.5 Å². The van der Waals surface area contributed by atoms with Gasteiger partial charge in [-0.1, -0.05) is 53.7 Å². The maximum Gasteiger partial charge on any atom is 0.306 e. The summed E-state index contributed by atoms with van der Waals surface area (Å²) in [4.78, 5) is 12.3. The highest BCUT2D eigenvalue weighted by Gasteiger charge is 2.26. The highest BCUT2D eigenvalue weighted by atomic mass is 32.2. The second-order valence-electron chi connectivity index (χ2n) is 9.35. The fraction of sp³-hybridized carbons (Fsp3) is 0.682. The van der Waals surface area contributed by atoms with Gasteiger partial charge in [-0.05, 0) is 40.2 Å². The summed E-state index contributed by atoms with van der Waals surface area (Å²) in [5, 5.41) is 10.8. The van der Waals surface area contributed by atoms with Gasteiger partial charge in [0.15, 0.2) is 0 Å². The Balaban J connectivity index is 2.99. The number of benzene rings is 1. The van der Waals surface area contributed by atoms with E-state index >= 15 is 0 Å². The first-order chi connectivity index (χ1) is 12.8. The molecule has 28 heavy (non-hydrogen) atoms. The van der Waals surface area contributed by atoms with E-state index in [9.17, 15) is 14.1 Å². The summed E-state index contributed by atoms with van der Waals surface area (Å²) in [6, 6.07) is 4.00. The summed E-state index contributed by atoms with van der Waals surface area (Å²) in [5.41, 5.74) is 2.41. The van der Waals surface area contributed by atoms with E-state index < -0.39 is 10.8 Å². The van der Waals surface area contributed by atoms with Crippen molar-refractivity contribution in [2.75, 3.05) is 24.0 Å². The molecule has 0 saturated carbocycles. The summed E-state index contributed by atoms with van der Waals surface area (Å²) in [7, 11) is -1.00. The van der Waals surface area contributed by atoms with Crippen molar-refractivity contribution in [2.24, 2.45) is 0 Å². The zero-order valence-corrected chi connectivity index (χ0v) is 20.2. The van der Waals surface area contributed by atoms with Gasteiger partial charge in [-0.25, -0.2) is 0 Å². The summed E-state index contributed by atoms with van der Waals surface area (Å²) in [6.45, 7) is 12.4. The van der Waals surface area contributed by atoms with E-state index in [0.717, 1.165) is 16.7 Å². The normalized spacial score (nSPS) is 14.6. The Morgan fingerprint density at radius 3 is 2.04 bits per heavy atom. The highest BCUT2D eigenvalue weighted by Crippen LogP contribution is 2.40. The number of phenolic OH excluding ortho intramolecular Hbond substituents is 1. The quantitative estimate of drug-likeness (QED) is 0.614. The molecule has 0 bridgehead atoms. The zero-order chi connectivity index (χ0) is 21.7. The molecule has 0 spiro atoms. The first-order valence-corrected chi connectivity index (χ1v) is 12.7. The van der Waals surface area contributed by atoms with Gasteiger partial charge in [-0.15, -0.1) is 0 Å². The molecule has 1 N–H and O–H groups in total.